The van der Waals surface area contributed by atoms with E-state index in [1.807, 2.05) is 0 Å². The number of likely N-dealkylation sites (tertiary alicyclic amines) is 1. The molecule has 0 N–H and O–H groups in total. The first kappa shape index (κ1) is 16.1. The first-order valence-corrected chi connectivity index (χ1v) is 8.78. The number of carbonyl (C=O) groups excluding carboxylic acids is 1. The Balaban J connectivity index is 1.44. The summed E-state index contributed by atoms with van der Waals surface area (Å²) in [5, 5.41) is 4.18. The molecular weight excluding hydrogens is 322 g/mol. The van der Waals surface area contributed by atoms with Gasteiger partial charge in [-0.1, -0.05) is 5.16 Å². The second kappa shape index (κ2) is 7.26. The number of hydrogen-bond acceptors (Lipinski definition) is 7. The third-order valence-corrected chi connectivity index (χ3v) is 4.88. The predicted molar refractivity (Wildman–Crippen MR) is 87.0 cm³/mol. The zero-order chi connectivity index (χ0) is 17.1. The molecule has 8 heteroatoms. The Kier molecular flexibility index (Phi) is 4.69. The monoisotopic (exact) mass is 343 g/mol. The van der Waals surface area contributed by atoms with Crippen molar-refractivity contribution in [1.82, 2.24) is 25.0 Å². The lowest BCUT2D eigenvalue weighted by Crippen LogP contribution is -2.39. The van der Waals surface area contributed by atoms with Crippen molar-refractivity contribution in [2.75, 3.05) is 26.3 Å². The number of hydrogen-bond donors (Lipinski definition) is 0. The van der Waals surface area contributed by atoms with E-state index >= 15 is 0 Å². The van der Waals surface area contributed by atoms with Gasteiger partial charge in [0, 0.05) is 44.6 Å². The summed E-state index contributed by atoms with van der Waals surface area (Å²) in [6, 6.07) is 0. The Hall–Kier alpha value is -2.35. The molecule has 1 unspecified atom stereocenters. The fourth-order valence-corrected chi connectivity index (χ4v) is 3.47. The molecule has 0 spiro atoms. The van der Waals surface area contributed by atoms with Crippen molar-refractivity contribution >= 4 is 5.91 Å². The summed E-state index contributed by atoms with van der Waals surface area (Å²) in [4.78, 5) is 27.1. The standard InChI is InChI=1S/C17H21N5O3/c23-17(14-10-18-5-6-19-14)22-7-1-2-13(11-22)16-20-15(21-25-16)12-3-8-24-9-4-12/h5-6,10,12-13H,1-4,7-9,11H2. The molecule has 0 bridgehead atoms. The van der Waals surface area contributed by atoms with E-state index in [0.29, 0.717) is 30.6 Å². The van der Waals surface area contributed by atoms with Crippen LogP contribution in [0.15, 0.2) is 23.1 Å². The molecule has 2 aliphatic rings. The van der Waals surface area contributed by atoms with Crippen LogP contribution >= 0.6 is 0 Å². The van der Waals surface area contributed by atoms with Crippen molar-refractivity contribution in [3.63, 3.8) is 0 Å². The molecule has 0 saturated carbocycles. The van der Waals surface area contributed by atoms with Crippen LogP contribution in [0.3, 0.4) is 0 Å². The molecule has 4 rings (SSSR count). The van der Waals surface area contributed by atoms with E-state index in [1.165, 1.54) is 12.4 Å². The van der Waals surface area contributed by atoms with E-state index in [9.17, 15) is 4.79 Å². The molecular formula is C17H21N5O3. The second-order valence-electron chi connectivity index (χ2n) is 6.56. The highest BCUT2D eigenvalue weighted by atomic mass is 16.5. The molecule has 2 saturated heterocycles. The smallest absolute Gasteiger partial charge is 0.274 e. The van der Waals surface area contributed by atoms with Crippen molar-refractivity contribution in [2.24, 2.45) is 0 Å². The molecule has 2 fully saturated rings. The molecule has 4 heterocycles. The Labute approximate surface area is 145 Å². The lowest BCUT2D eigenvalue weighted by molar-refractivity contribution is 0.0689. The molecule has 2 aromatic heterocycles. The van der Waals surface area contributed by atoms with Crippen LogP contribution in [-0.4, -0.2) is 57.2 Å². The first-order chi connectivity index (χ1) is 12.3. The Morgan fingerprint density at radius 1 is 1.16 bits per heavy atom. The number of piperidine rings is 1. The zero-order valence-corrected chi connectivity index (χ0v) is 14.0. The molecule has 1 amide bonds. The van der Waals surface area contributed by atoms with Crippen LogP contribution in [0.2, 0.25) is 0 Å². The van der Waals surface area contributed by atoms with E-state index in [2.05, 4.69) is 20.1 Å². The van der Waals surface area contributed by atoms with Crippen LogP contribution in [0.25, 0.3) is 0 Å². The number of rotatable bonds is 3. The molecule has 1 atom stereocenters. The SMILES string of the molecule is O=C(c1cnccn1)N1CCCC(c2nc(C3CCOCC3)no2)C1. The highest BCUT2D eigenvalue weighted by Gasteiger charge is 2.30. The average Bonchev–Trinajstić information content (AvgIpc) is 3.19. The lowest BCUT2D eigenvalue weighted by Gasteiger charge is -2.30. The third-order valence-electron chi connectivity index (χ3n) is 4.88. The van der Waals surface area contributed by atoms with E-state index < -0.39 is 0 Å². The summed E-state index contributed by atoms with van der Waals surface area (Å²) in [6.45, 7) is 2.79. The van der Waals surface area contributed by atoms with Crippen molar-refractivity contribution in [3.8, 4) is 0 Å². The van der Waals surface area contributed by atoms with Crippen LogP contribution in [0.1, 0.15) is 59.7 Å². The summed E-state index contributed by atoms with van der Waals surface area (Å²) in [6.07, 6.45) is 8.31. The van der Waals surface area contributed by atoms with Crippen molar-refractivity contribution in [1.29, 1.82) is 0 Å². The van der Waals surface area contributed by atoms with Gasteiger partial charge in [0.1, 0.15) is 5.69 Å². The summed E-state index contributed by atoms with van der Waals surface area (Å²) in [7, 11) is 0. The summed E-state index contributed by atoms with van der Waals surface area (Å²) >= 11 is 0. The van der Waals surface area contributed by atoms with E-state index in [0.717, 1.165) is 44.7 Å². The van der Waals surface area contributed by atoms with Crippen LogP contribution in [0.5, 0.6) is 0 Å². The maximum absolute atomic E-state index is 12.6. The molecule has 2 aliphatic heterocycles. The molecule has 25 heavy (non-hydrogen) atoms. The van der Waals surface area contributed by atoms with E-state index in [-0.39, 0.29) is 11.8 Å². The van der Waals surface area contributed by atoms with Gasteiger partial charge in [0.2, 0.25) is 5.89 Å². The average molecular weight is 343 g/mol. The first-order valence-electron chi connectivity index (χ1n) is 8.78. The molecule has 2 aromatic rings. The fourth-order valence-electron chi connectivity index (χ4n) is 3.47. The number of amides is 1. The van der Waals surface area contributed by atoms with Gasteiger partial charge in [0.05, 0.1) is 12.1 Å². The van der Waals surface area contributed by atoms with E-state index in [1.54, 1.807) is 11.1 Å². The minimum Gasteiger partial charge on any atom is -0.381 e. The van der Waals surface area contributed by atoms with Crippen LogP contribution < -0.4 is 0 Å². The van der Waals surface area contributed by atoms with Crippen molar-refractivity contribution in [3.05, 3.63) is 36.0 Å². The maximum atomic E-state index is 12.6. The molecule has 132 valence electrons. The van der Waals surface area contributed by atoms with Gasteiger partial charge in [-0.2, -0.15) is 4.98 Å². The summed E-state index contributed by atoms with van der Waals surface area (Å²) < 4.78 is 10.9. The number of nitrogens with zero attached hydrogens (tertiary/aromatic N) is 5. The highest BCUT2D eigenvalue weighted by molar-refractivity contribution is 5.92. The third kappa shape index (κ3) is 3.53. The zero-order valence-electron chi connectivity index (χ0n) is 14.0. The molecule has 8 nitrogen and oxygen atoms in total. The Morgan fingerprint density at radius 3 is 2.84 bits per heavy atom. The summed E-state index contributed by atoms with van der Waals surface area (Å²) in [5.74, 6) is 1.71. The number of ether oxygens (including phenoxy) is 1. The Bertz CT molecular complexity index is 714. The van der Waals surface area contributed by atoms with Gasteiger partial charge >= 0.3 is 0 Å². The van der Waals surface area contributed by atoms with Gasteiger partial charge in [0.25, 0.3) is 5.91 Å². The van der Waals surface area contributed by atoms with Gasteiger partial charge in [0.15, 0.2) is 5.82 Å². The van der Waals surface area contributed by atoms with Crippen molar-refractivity contribution in [2.45, 2.75) is 37.5 Å². The van der Waals surface area contributed by atoms with Gasteiger partial charge in [-0.05, 0) is 25.7 Å². The summed E-state index contributed by atoms with van der Waals surface area (Å²) in [5.41, 5.74) is 0.372. The quantitative estimate of drug-likeness (QED) is 0.838. The second-order valence-corrected chi connectivity index (χ2v) is 6.56. The van der Waals surface area contributed by atoms with Gasteiger partial charge in [-0.25, -0.2) is 4.98 Å². The van der Waals surface area contributed by atoms with Crippen LogP contribution in [0.4, 0.5) is 0 Å². The number of aromatic nitrogens is 4. The van der Waals surface area contributed by atoms with E-state index in [4.69, 9.17) is 9.26 Å². The maximum Gasteiger partial charge on any atom is 0.274 e. The minimum atomic E-state index is -0.0954. The highest BCUT2D eigenvalue weighted by Crippen LogP contribution is 2.29. The molecule has 0 aromatic carbocycles. The predicted octanol–water partition coefficient (Wildman–Crippen LogP) is 1.77. The number of carbonyl (C=O) groups is 1. The fraction of sp³-hybridized carbons (Fsp3) is 0.588. The Morgan fingerprint density at radius 2 is 2.04 bits per heavy atom. The van der Waals surface area contributed by atoms with Crippen molar-refractivity contribution < 1.29 is 14.1 Å². The van der Waals surface area contributed by atoms with Gasteiger partial charge < -0.3 is 14.2 Å². The van der Waals surface area contributed by atoms with Gasteiger partial charge in [-0.15, -0.1) is 0 Å². The normalized spacial score (nSPS) is 22.1. The van der Waals surface area contributed by atoms with Crippen LogP contribution in [-0.2, 0) is 4.74 Å². The minimum absolute atomic E-state index is 0.0791. The largest absolute Gasteiger partial charge is 0.381 e. The van der Waals surface area contributed by atoms with Crippen LogP contribution in [0, 0.1) is 0 Å². The lowest BCUT2D eigenvalue weighted by atomic mass is 9.97. The molecule has 0 radical (unpaired) electrons. The topological polar surface area (TPSA) is 94.2 Å². The molecule has 0 aliphatic carbocycles. The van der Waals surface area contributed by atoms with Gasteiger partial charge in [-0.3, -0.25) is 9.78 Å².